The van der Waals surface area contributed by atoms with Gasteiger partial charge in [-0.15, -0.1) is 0 Å². The van der Waals surface area contributed by atoms with E-state index in [-0.39, 0.29) is 6.42 Å². The second-order valence-corrected chi connectivity index (χ2v) is 12.5. The van der Waals surface area contributed by atoms with Crippen LogP contribution in [-0.4, -0.2) is 23.6 Å². The van der Waals surface area contributed by atoms with Gasteiger partial charge in [-0.2, -0.15) is 0 Å². The van der Waals surface area contributed by atoms with Crippen molar-refractivity contribution in [1.82, 2.24) is 0 Å². The first-order valence-electron chi connectivity index (χ1n) is 15.7. The molecule has 0 aromatic heterocycles. The lowest BCUT2D eigenvalue weighted by molar-refractivity contribution is -0.133. The van der Waals surface area contributed by atoms with Crippen molar-refractivity contribution in [1.29, 1.82) is 0 Å². The van der Waals surface area contributed by atoms with Gasteiger partial charge in [0.05, 0.1) is 0 Å². The number of hydrogen-bond donors (Lipinski definition) is 4. The number of benzene rings is 4. The highest BCUT2D eigenvalue weighted by Gasteiger charge is 2.37. The molecule has 0 saturated carbocycles. The minimum atomic E-state index is -1.39. The highest BCUT2D eigenvalue weighted by molar-refractivity contribution is 6.14. The van der Waals surface area contributed by atoms with Crippen molar-refractivity contribution in [3.05, 3.63) is 117 Å². The van der Waals surface area contributed by atoms with Gasteiger partial charge in [-0.05, 0) is 155 Å². The van der Waals surface area contributed by atoms with Crippen LogP contribution >= 0.6 is 0 Å². The Morgan fingerprint density at radius 2 is 0.596 bits per heavy atom. The van der Waals surface area contributed by atoms with E-state index in [0.29, 0.717) is 22.7 Å². The summed E-state index contributed by atoms with van der Waals surface area (Å²) in [6.07, 6.45) is -0.374. The highest BCUT2D eigenvalue weighted by atomic mass is 16.2. The average molecular weight is 633 g/mol. The zero-order valence-corrected chi connectivity index (χ0v) is 28.4. The first-order valence-corrected chi connectivity index (χ1v) is 15.7. The topological polar surface area (TPSA) is 116 Å². The van der Waals surface area contributed by atoms with E-state index in [1.807, 2.05) is 104 Å². The van der Waals surface area contributed by atoms with Crippen LogP contribution in [0, 0.1) is 67.2 Å². The Kier molecular flexibility index (Phi) is 11.0. The molecule has 4 N–H and O–H groups in total. The quantitative estimate of drug-likeness (QED) is 0.135. The van der Waals surface area contributed by atoms with Gasteiger partial charge in [-0.25, -0.2) is 0 Å². The number of anilines is 4. The van der Waals surface area contributed by atoms with Crippen LogP contribution in [0.25, 0.3) is 0 Å². The Morgan fingerprint density at radius 1 is 0.383 bits per heavy atom. The summed E-state index contributed by atoms with van der Waals surface area (Å²) in [5.74, 6) is -5.29. The van der Waals surface area contributed by atoms with Crippen molar-refractivity contribution < 1.29 is 19.2 Å². The van der Waals surface area contributed by atoms with Crippen LogP contribution in [-0.2, 0) is 19.2 Å². The fraction of sp³-hybridized carbons (Fsp3) is 0.282. The molecular formula is C39H44N4O4. The summed E-state index contributed by atoms with van der Waals surface area (Å²) in [5, 5.41) is 11.4. The summed E-state index contributed by atoms with van der Waals surface area (Å²) in [6, 6.07) is 21.8. The first kappa shape index (κ1) is 34.6. The maximum atomic E-state index is 13.9. The third kappa shape index (κ3) is 8.94. The molecule has 0 fully saturated rings. The zero-order chi connectivity index (χ0) is 34.4. The second kappa shape index (κ2) is 14.9. The van der Waals surface area contributed by atoms with Crippen LogP contribution in [0.2, 0.25) is 0 Å². The van der Waals surface area contributed by atoms with Gasteiger partial charge in [0.25, 0.3) is 0 Å². The van der Waals surface area contributed by atoms with Crippen molar-refractivity contribution in [3.8, 4) is 0 Å². The third-order valence-corrected chi connectivity index (χ3v) is 8.84. The molecule has 0 radical (unpaired) electrons. The Hall–Kier alpha value is -5.24. The number of aryl methyl sites for hydroxylation is 8. The molecule has 4 aromatic rings. The number of nitrogens with one attached hydrogen (secondary N) is 4. The molecule has 4 rings (SSSR count). The molecule has 0 aliphatic rings. The van der Waals surface area contributed by atoms with E-state index < -0.39 is 35.5 Å². The Balaban J connectivity index is 1.70. The molecule has 0 spiro atoms. The van der Waals surface area contributed by atoms with E-state index in [0.717, 1.165) is 44.5 Å². The smallest absolute Gasteiger partial charge is 0.236 e. The Labute approximate surface area is 277 Å². The number of amides is 4. The molecule has 4 aromatic carbocycles. The Bertz CT molecular complexity index is 1580. The van der Waals surface area contributed by atoms with Gasteiger partial charge in [0.1, 0.15) is 11.8 Å². The van der Waals surface area contributed by atoms with Gasteiger partial charge in [-0.1, -0.05) is 24.3 Å². The van der Waals surface area contributed by atoms with E-state index in [4.69, 9.17) is 0 Å². The normalized spacial score (nSPS) is 10.9. The summed E-state index contributed by atoms with van der Waals surface area (Å²) < 4.78 is 0. The van der Waals surface area contributed by atoms with Crippen LogP contribution in [0.15, 0.2) is 72.8 Å². The molecule has 0 heterocycles. The molecule has 8 nitrogen and oxygen atoms in total. The molecule has 0 unspecified atom stereocenters. The standard InChI is InChI=1S/C39H44N4O4/c1-22-9-13-30(17-26(22)5)40-36(44)34(37(45)41-31-14-10-23(2)27(6)18-31)21-35(38(46)42-32-15-11-24(3)28(7)19-32)39(47)43-33-16-12-25(4)29(8)20-33/h9-20,34-35H,21H2,1-8H3,(H,40,44)(H,41,45)(H,42,46)(H,43,47). The lowest BCUT2D eigenvalue weighted by atomic mass is 9.90. The predicted octanol–water partition coefficient (Wildman–Crippen LogP) is 7.63. The minimum absolute atomic E-state index is 0.374. The number of carbonyl (C=O) groups excluding carboxylic acids is 4. The molecular weight excluding hydrogens is 588 g/mol. The first-order chi connectivity index (χ1) is 22.2. The summed E-state index contributed by atoms with van der Waals surface area (Å²) in [4.78, 5) is 55.6. The highest BCUT2D eigenvalue weighted by Crippen LogP contribution is 2.25. The maximum Gasteiger partial charge on any atom is 0.236 e. The van der Waals surface area contributed by atoms with Crippen molar-refractivity contribution in [2.45, 2.75) is 61.8 Å². The SMILES string of the molecule is Cc1ccc(NC(=O)C(CC(C(=O)Nc2ccc(C)c(C)c2)C(=O)Nc2ccc(C)c(C)c2)C(=O)Nc2ccc(C)c(C)c2)cc1C. The molecule has 8 heteroatoms. The van der Waals surface area contributed by atoms with Crippen molar-refractivity contribution in [2.24, 2.45) is 11.8 Å². The zero-order valence-electron chi connectivity index (χ0n) is 28.4. The molecule has 47 heavy (non-hydrogen) atoms. The molecule has 4 amide bonds. The van der Waals surface area contributed by atoms with Crippen LogP contribution in [0.3, 0.4) is 0 Å². The summed E-state index contributed by atoms with van der Waals surface area (Å²) >= 11 is 0. The molecule has 244 valence electrons. The average Bonchev–Trinajstić information content (AvgIpc) is 3.00. The van der Waals surface area contributed by atoms with E-state index in [9.17, 15) is 19.2 Å². The summed E-state index contributed by atoms with van der Waals surface area (Å²) in [6.45, 7) is 15.6. The molecule has 0 aliphatic carbocycles. The van der Waals surface area contributed by atoms with E-state index in [1.165, 1.54) is 0 Å². The Morgan fingerprint density at radius 3 is 0.787 bits per heavy atom. The van der Waals surface area contributed by atoms with E-state index in [1.54, 1.807) is 24.3 Å². The van der Waals surface area contributed by atoms with Crippen molar-refractivity contribution in [2.75, 3.05) is 21.3 Å². The van der Waals surface area contributed by atoms with Crippen LogP contribution in [0.5, 0.6) is 0 Å². The van der Waals surface area contributed by atoms with Crippen LogP contribution in [0.4, 0.5) is 22.7 Å². The van der Waals surface area contributed by atoms with Gasteiger partial charge < -0.3 is 21.3 Å². The van der Waals surface area contributed by atoms with Crippen LogP contribution < -0.4 is 21.3 Å². The number of carbonyl (C=O) groups is 4. The third-order valence-electron chi connectivity index (χ3n) is 8.84. The number of rotatable bonds is 10. The minimum Gasteiger partial charge on any atom is -0.325 e. The maximum absolute atomic E-state index is 13.9. The molecule has 0 bridgehead atoms. The largest absolute Gasteiger partial charge is 0.325 e. The fourth-order valence-corrected chi connectivity index (χ4v) is 5.10. The van der Waals surface area contributed by atoms with Gasteiger partial charge >= 0.3 is 0 Å². The van der Waals surface area contributed by atoms with E-state index in [2.05, 4.69) is 21.3 Å². The second-order valence-electron chi connectivity index (χ2n) is 12.5. The van der Waals surface area contributed by atoms with Crippen LogP contribution in [0.1, 0.15) is 50.9 Å². The summed E-state index contributed by atoms with van der Waals surface area (Å²) in [7, 11) is 0. The number of hydrogen-bond acceptors (Lipinski definition) is 4. The van der Waals surface area contributed by atoms with Gasteiger partial charge in [0.15, 0.2) is 0 Å². The lowest BCUT2D eigenvalue weighted by Crippen LogP contribution is -2.41. The predicted molar refractivity (Wildman–Crippen MR) is 190 cm³/mol. The van der Waals surface area contributed by atoms with Gasteiger partial charge in [-0.3, -0.25) is 19.2 Å². The lowest BCUT2D eigenvalue weighted by Gasteiger charge is -2.23. The molecule has 0 saturated heterocycles. The molecule has 0 aliphatic heterocycles. The van der Waals surface area contributed by atoms with Crippen molar-refractivity contribution in [3.63, 3.8) is 0 Å². The monoisotopic (exact) mass is 632 g/mol. The van der Waals surface area contributed by atoms with Gasteiger partial charge in [0.2, 0.25) is 23.6 Å². The fourth-order valence-electron chi connectivity index (χ4n) is 5.10. The van der Waals surface area contributed by atoms with Gasteiger partial charge in [0, 0.05) is 22.7 Å². The summed E-state index contributed by atoms with van der Waals surface area (Å²) in [5.41, 5.74) is 10.1. The van der Waals surface area contributed by atoms with E-state index >= 15 is 0 Å². The molecule has 0 atom stereocenters. The van der Waals surface area contributed by atoms with Crippen molar-refractivity contribution >= 4 is 46.4 Å².